The molecule has 1 aromatic rings. The van der Waals surface area contributed by atoms with Crippen LogP contribution in [-0.2, 0) is 9.59 Å². The molecule has 1 aromatic heterocycles. The van der Waals surface area contributed by atoms with Gasteiger partial charge in [-0.15, -0.1) is 0 Å². The molecule has 2 rings (SSSR count). The summed E-state index contributed by atoms with van der Waals surface area (Å²) in [5, 5.41) is 5.88. The van der Waals surface area contributed by atoms with E-state index in [1.807, 2.05) is 0 Å². The molecule has 1 saturated heterocycles. The molecule has 132 valence electrons. The fourth-order valence-corrected chi connectivity index (χ4v) is 2.88. The molecule has 0 radical (unpaired) electrons. The summed E-state index contributed by atoms with van der Waals surface area (Å²) in [4.78, 5) is 33.5. The molecule has 2 heterocycles. The summed E-state index contributed by atoms with van der Waals surface area (Å²) >= 11 is 0. The lowest BCUT2D eigenvalue weighted by Gasteiger charge is -2.33. The third-order valence-electron chi connectivity index (χ3n) is 4.08. The lowest BCUT2D eigenvalue weighted by molar-refractivity contribution is -0.122. The number of hydrogen-bond acceptors (Lipinski definition) is 5. The molecule has 1 fully saturated rings. The van der Waals surface area contributed by atoms with Crippen molar-refractivity contribution < 1.29 is 9.59 Å². The van der Waals surface area contributed by atoms with Crippen molar-refractivity contribution in [1.29, 1.82) is 0 Å². The molecule has 0 saturated carbocycles. The first-order chi connectivity index (χ1) is 11.6. The number of nitrogens with zero attached hydrogens (tertiary/aromatic N) is 3. The number of rotatable bonds is 8. The summed E-state index contributed by atoms with van der Waals surface area (Å²) in [6.45, 7) is 3.89. The quantitative estimate of drug-likeness (QED) is 0.699. The zero-order valence-electron chi connectivity index (χ0n) is 14.3. The summed E-state index contributed by atoms with van der Waals surface area (Å²) in [5.41, 5.74) is 0. The van der Waals surface area contributed by atoms with Crippen molar-refractivity contribution in [3.05, 3.63) is 18.5 Å². The van der Waals surface area contributed by atoms with E-state index < -0.39 is 0 Å². The molecule has 1 aliphatic rings. The summed E-state index contributed by atoms with van der Waals surface area (Å²) in [5.74, 6) is 0.835. The largest absolute Gasteiger partial charge is 0.356 e. The van der Waals surface area contributed by atoms with Gasteiger partial charge in [0.25, 0.3) is 0 Å². The van der Waals surface area contributed by atoms with Crippen molar-refractivity contribution in [2.24, 2.45) is 0 Å². The maximum absolute atomic E-state index is 12.1. The smallest absolute Gasteiger partial charge is 0.225 e. The fraction of sp³-hybridized carbons (Fsp3) is 0.647. The Kier molecular flexibility index (Phi) is 7.45. The van der Waals surface area contributed by atoms with Crippen molar-refractivity contribution in [3.8, 4) is 0 Å². The number of amides is 2. The maximum Gasteiger partial charge on any atom is 0.225 e. The predicted octanol–water partition coefficient (Wildman–Crippen LogP) is 1.26. The van der Waals surface area contributed by atoms with Crippen LogP contribution in [0.3, 0.4) is 0 Å². The highest BCUT2D eigenvalue weighted by Gasteiger charge is 2.22. The van der Waals surface area contributed by atoms with Gasteiger partial charge in [0.2, 0.25) is 17.8 Å². The molecule has 1 atom stereocenters. The van der Waals surface area contributed by atoms with Gasteiger partial charge < -0.3 is 15.5 Å². The topological polar surface area (TPSA) is 87.2 Å². The van der Waals surface area contributed by atoms with E-state index in [2.05, 4.69) is 25.5 Å². The van der Waals surface area contributed by atoms with Gasteiger partial charge in [0.05, 0.1) is 0 Å². The highest BCUT2D eigenvalue weighted by Crippen LogP contribution is 2.15. The Hall–Kier alpha value is -2.18. The molecule has 2 amide bonds. The molecular weight excluding hydrogens is 306 g/mol. The van der Waals surface area contributed by atoms with Gasteiger partial charge in [-0.25, -0.2) is 9.97 Å². The molecule has 0 spiro atoms. The van der Waals surface area contributed by atoms with E-state index in [1.165, 1.54) is 6.92 Å². The monoisotopic (exact) mass is 333 g/mol. The second-order valence-electron chi connectivity index (χ2n) is 6.20. The molecule has 7 nitrogen and oxygen atoms in total. The molecule has 0 aromatic carbocycles. The number of anilines is 1. The maximum atomic E-state index is 12.1. The molecular formula is C17H27N5O2. The first-order valence-corrected chi connectivity index (χ1v) is 8.71. The van der Waals surface area contributed by atoms with Crippen LogP contribution in [0.25, 0.3) is 0 Å². The highest BCUT2D eigenvalue weighted by atomic mass is 16.2. The standard InChI is InChI=1S/C17H27N5O2/c1-14(23)18-9-4-2-3-8-16(24)21-15-7-5-12-22(13-15)17-19-10-6-11-20-17/h6,10-11,15H,2-5,7-9,12-13H2,1H3,(H,18,23)(H,21,24)/t15-/m1/s1. The SMILES string of the molecule is CC(=O)NCCCCCC(=O)N[C@@H]1CCCN(c2ncccn2)C1. The van der Waals surface area contributed by atoms with Crippen LogP contribution < -0.4 is 15.5 Å². The van der Waals surface area contributed by atoms with Gasteiger partial charge in [0.15, 0.2) is 0 Å². The third-order valence-corrected chi connectivity index (χ3v) is 4.08. The lowest BCUT2D eigenvalue weighted by atomic mass is 10.1. The van der Waals surface area contributed by atoms with Gasteiger partial charge in [0.1, 0.15) is 0 Å². The molecule has 2 N–H and O–H groups in total. The first kappa shape index (κ1) is 18.2. The van der Waals surface area contributed by atoms with Crippen molar-refractivity contribution in [2.45, 2.75) is 51.5 Å². The van der Waals surface area contributed by atoms with E-state index in [-0.39, 0.29) is 17.9 Å². The Morgan fingerprint density at radius 3 is 2.79 bits per heavy atom. The summed E-state index contributed by atoms with van der Waals surface area (Å²) in [6.07, 6.45) is 8.76. The Labute approximate surface area is 143 Å². The van der Waals surface area contributed by atoms with Crippen LogP contribution in [0.5, 0.6) is 0 Å². The predicted molar refractivity (Wildman–Crippen MR) is 92.6 cm³/mol. The highest BCUT2D eigenvalue weighted by molar-refractivity contribution is 5.76. The van der Waals surface area contributed by atoms with E-state index in [9.17, 15) is 9.59 Å². The number of unbranched alkanes of at least 4 members (excludes halogenated alkanes) is 2. The number of nitrogens with one attached hydrogen (secondary N) is 2. The summed E-state index contributed by atoms with van der Waals surface area (Å²) in [6, 6.07) is 1.97. The normalized spacial score (nSPS) is 17.4. The van der Waals surface area contributed by atoms with E-state index >= 15 is 0 Å². The van der Waals surface area contributed by atoms with Gasteiger partial charge in [-0.05, 0) is 31.7 Å². The summed E-state index contributed by atoms with van der Waals surface area (Å²) in [7, 11) is 0. The van der Waals surface area contributed by atoms with Crippen molar-refractivity contribution in [3.63, 3.8) is 0 Å². The number of aromatic nitrogens is 2. The van der Waals surface area contributed by atoms with Crippen molar-refractivity contribution in [1.82, 2.24) is 20.6 Å². The average Bonchev–Trinajstić information content (AvgIpc) is 2.59. The second kappa shape index (κ2) is 9.85. The number of hydrogen-bond donors (Lipinski definition) is 2. The lowest BCUT2D eigenvalue weighted by Crippen LogP contribution is -2.48. The van der Waals surface area contributed by atoms with Crippen LogP contribution in [0, 0.1) is 0 Å². The van der Waals surface area contributed by atoms with Crippen LogP contribution >= 0.6 is 0 Å². The second-order valence-corrected chi connectivity index (χ2v) is 6.20. The van der Waals surface area contributed by atoms with Crippen LogP contribution in [0.4, 0.5) is 5.95 Å². The van der Waals surface area contributed by atoms with Crippen LogP contribution in [-0.4, -0.2) is 47.5 Å². The van der Waals surface area contributed by atoms with Gasteiger partial charge in [-0.3, -0.25) is 9.59 Å². The minimum absolute atomic E-state index is 0.00279. The first-order valence-electron chi connectivity index (χ1n) is 8.71. The molecule has 1 aliphatic heterocycles. The Morgan fingerprint density at radius 2 is 2.04 bits per heavy atom. The number of piperidine rings is 1. The molecule has 24 heavy (non-hydrogen) atoms. The van der Waals surface area contributed by atoms with E-state index in [4.69, 9.17) is 0 Å². The van der Waals surface area contributed by atoms with Crippen LogP contribution in [0.1, 0.15) is 45.4 Å². The molecule has 0 unspecified atom stereocenters. The number of carbonyl (C=O) groups excluding carboxylic acids is 2. The van der Waals surface area contributed by atoms with Gasteiger partial charge in [-0.2, -0.15) is 0 Å². The Balaban J connectivity index is 1.63. The van der Waals surface area contributed by atoms with Crippen LogP contribution in [0.15, 0.2) is 18.5 Å². The number of carbonyl (C=O) groups is 2. The van der Waals surface area contributed by atoms with E-state index in [0.29, 0.717) is 13.0 Å². The van der Waals surface area contributed by atoms with Crippen molar-refractivity contribution >= 4 is 17.8 Å². The summed E-state index contributed by atoms with van der Waals surface area (Å²) < 4.78 is 0. The molecule has 0 aliphatic carbocycles. The average molecular weight is 333 g/mol. The zero-order valence-corrected chi connectivity index (χ0v) is 14.3. The third kappa shape index (κ3) is 6.52. The van der Waals surface area contributed by atoms with Gasteiger partial charge >= 0.3 is 0 Å². The van der Waals surface area contributed by atoms with Gasteiger partial charge in [0, 0.05) is 51.4 Å². The minimum Gasteiger partial charge on any atom is -0.356 e. The Bertz CT molecular complexity index is 523. The molecule has 0 bridgehead atoms. The Morgan fingerprint density at radius 1 is 1.25 bits per heavy atom. The molecule has 7 heteroatoms. The zero-order chi connectivity index (χ0) is 17.2. The van der Waals surface area contributed by atoms with E-state index in [0.717, 1.165) is 51.1 Å². The van der Waals surface area contributed by atoms with E-state index in [1.54, 1.807) is 18.5 Å². The van der Waals surface area contributed by atoms with Crippen LogP contribution in [0.2, 0.25) is 0 Å². The minimum atomic E-state index is -0.00279. The van der Waals surface area contributed by atoms with Crippen molar-refractivity contribution in [2.75, 3.05) is 24.5 Å². The van der Waals surface area contributed by atoms with Gasteiger partial charge in [-0.1, -0.05) is 6.42 Å². The fourth-order valence-electron chi connectivity index (χ4n) is 2.88.